The van der Waals surface area contributed by atoms with Crippen molar-refractivity contribution in [3.8, 4) is 5.75 Å². The van der Waals surface area contributed by atoms with Gasteiger partial charge in [-0.15, -0.1) is 5.10 Å². The SMILES string of the molecule is COc1ccc2c(c1)[C@]1(O[C@@H](CCn3cc(CCO)nn3)[C@H]([Si](C)(C)F)[C@H]1C)C(=O)N2Cc1ccc(NC(=O)[C@H](C)O)cc1. The first-order valence-electron chi connectivity index (χ1n) is 14.8. The summed E-state index contributed by atoms with van der Waals surface area (Å²) < 4.78 is 30.1. The zero-order valence-corrected chi connectivity index (χ0v) is 26.7. The molecule has 1 saturated heterocycles. The van der Waals surface area contributed by atoms with Crippen LogP contribution in [0.25, 0.3) is 0 Å². The van der Waals surface area contributed by atoms with E-state index in [9.17, 15) is 19.8 Å². The van der Waals surface area contributed by atoms with Crippen LogP contribution in [0.1, 0.15) is 37.1 Å². The maximum atomic E-state index is 16.1. The third-order valence-corrected chi connectivity index (χ3v) is 11.2. The number of hydrogen-bond acceptors (Lipinski definition) is 8. The Bertz CT molecular complexity index is 1510. The van der Waals surface area contributed by atoms with E-state index in [1.54, 1.807) is 54.2 Å². The molecule has 5 atom stereocenters. The number of ether oxygens (including phenoxy) is 2. The number of amides is 2. The van der Waals surface area contributed by atoms with Crippen LogP contribution in [-0.4, -0.2) is 71.4 Å². The van der Waals surface area contributed by atoms with Crippen molar-refractivity contribution in [2.45, 2.75) is 76.2 Å². The molecule has 3 heterocycles. The summed E-state index contributed by atoms with van der Waals surface area (Å²) in [5, 5.41) is 29.6. The summed E-state index contributed by atoms with van der Waals surface area (Å²) in [7, 11) is -1.78. The molecule has 1 spiro atoms. The third-order valence-electron chi connectivity index (χ3n) is 8.71. The van der Waals surface area contributed by atoms with Gasteiger partial charge < -0.3 is 34.0 Å². The molecule has 3 N–H and O–H groups in total. The van der Waals surface area contributed by atoms with Crippen LogP contribution in [0.15, 0.2) is 48.7 Å². The second-order valence-electron chi connectivity index (χ2n) is 12.1. The minimum atomic E-state index is -3.34. The topological polar surface area (TPSA) is 139 Å². The van der Waals surface area contributed by atoms with Crippen molar-refractivity contribution in [1.82, 2.24) is 15.0 Å². The normalized spacial score (nSPS) is 23.7. The molecule has 0 saturated carbocycles. The standard InChI is InChI=1S/C31H40FN5O6Si/c1-19-28(44(4,5)32)27(12-14-36-18-23(13-15-38)34-35-36)43-31(19)25-16-24(42-3)10-11-26(25)37(30(31)41)17-21-6-8-22(9-7-21)33-29(40)20(2)39/h6-11,16,18-20,27-28,38-39H,12-15,17H2,1-5H3,(H,33,40)/t19-,20+,27+,28-,31+/m1/s1. The number of aromatic nitrogens is 3. The fourth-order valence-electron chi connectivity index (χ4n) is 6.64. The van der Waals surface area contributed by atoms with E-state index in [2.05, 4.69) is 15.6 Å². The van der Waals surface area contributed by atoms with Crippen molar-refractivity contribution in [2.75, 3.05) is 23.9 Å². The predicted octanol–water partition coefficient (Wildman–Crippen LogP) is 3.55. The number of aryl methyl sites for hydroxylation is 1. The van der Waals surface area contributed by atoms with Crippen LogP contribution in [-0.2, 0) is 39.4 Å². The molecular formula is C31H40FN5O6Si. The first kappa shape index (κ1) is 31.8. The van der Waals surface area contributed by atoms with Crippen molar-refractivity contribution in [3.63, 3.8) is 0 Å². The average molecular weight is 626 g/mol. The lowest BCUT2D eigenvalue weighted by atomic mass is 9.82. The molecule has 2 aliphatic rings. The van der Waals surface area contributed by atoms with E-state index in [0.717, 1.165) is 5.56 Å². The number of aliphatic hydroxyl groups is 2. The van der Waals surface area contributed by atoms with E-state index >= 15 is 4.11 Å². The zero-order valence-electron chi connectivity index (χ0n) is 25.7. The molecule has 0 bridgehead atoms. The number of benzene rings is 2. The minimum absolute atomic E-state index is 0.0284. The van der Waals surface area contributed by atoms with Crippen LogP contribution in [0.4, 0.5) is 15.5 Å². The lowest BCUT2D eigenvalue weighted by Gasteiger charge is -2.31. The van der Waals surface area contributed by atoms with Crippen LogP contribution in [0, 0.1) is 5.92 Å². The van der Waals surface area contributed by atoms with E-state index in [4.69, 9.17) is 9.47 Å². The maximum absolute atomic E-state index is 16.1. The monoisotopic (exact) mass is 625 g/mol. The van der Waals surface area contributed by atoms with Gasteiger partial charge >= 0.3 is 0 Å². The summed E-state index contributed by atoms with van der Waals surface area (Å²) in [6, 6.07) is 12.5. The first-order chi connectivity index (χ1) is 20.9. The number of carbonyl (C=O) groups is 2. The van der Waals surface area contributed by atoms with Gasteiger partial charge in [0.05, 0.1) is 31.1 Å². The highest BCUT2D eigenvalue weighted by molar-refractivity contribution is 6.72. The largest absolute Gasteiger partial charge is 0.497 e. The van der Waals surface area contributed by atoms with E-state index in [0.29, 0.717) is 47.8 Å². The number of carbonyl (C=O) groups excluding carboxylic acids is 2. The Morgan fingerprint density at radius 3 is 2.61 bits per heavy atom. The van der Waals surface area contributed by atoms with E-state index in [1.165, 1.54) is 6.92 Å². The molecule has 0 unspecified atom stereocenters. The lowest BCUT2D eigenvalue weighted by molar-refractivity contribution is -0.146. The second-order valence-corrected chi connectivity index (χ2v) is 15.9. The summed E-state index contributed by atoms with van der Waals surface area (Å²) in [6.45, 7) is 7.27. The predicted molar refractivity (Wildman–Crippen MR) is 164 cm³/mol. The van der Waals surface area contributed by atoms with Crippen LogP contribution in [0.5, 0.6) is 5.75 Å². The molecule has 3 aromatic rings. The Balaban J connectivity index is 1.46. The smallest absolute Gasteiger partial charge is 0.264 e. The van der Waals surface area contributed by atoms with Gasteiger partial charge in [-0.3, -0.25) is 14.3 Å². The summed E-state index contributed by atoms with van der Waals surface area (Å²) in [6.07, 6.45) is 0.920. The van der Waals surface area contributed by atoms with Crippen LogP contribution >= 0.6 is 0 Å². The minimum Gasteiger partial charge on any atom is -0.497 e. The zero-order chi connectivity index (χ0) is 31.8. The van der Waals surface area contributed by atoms with Gasteiger partial charge in [0.2, 0.25) is 8.41 Å². The number of hydrogen-bond donors (Lipinski definition) is 3. The van der Waals surface area contributed by atoms with Gasteiger partial charge in [-0.2, -0.15) is 0 Å². The molecule has 2 aromatic carbocycles. The number of rotatable bonds is 11. The van der Waals surface area contributed by atoms with E-state index in [1.807, 2.05) is 31.2 Å². The number of halogens is 1. The van der Waals surface area contributed by atoms with Gasteiger partial charge in [0.25, 0.3) is 11.8 Å². The van der Waals surface area contributed by atoms with Crippen molar-refractivity contribution in [2.24, 2.45) is 5.92 Å². The molecule has 5 rings (SSSR count). The van der Waals surface area contributed by atoms with E-state index in [-0.39, 0.29) is 19.1 Å². The van der Waals surface area contributed by atoms with Crippen molar-refractivity contribution < 1.29 is 33.4 Å². The van der Waals surface area contributed by atoms with Crippen LogP contribution in [0.2, 0.25) is 18.6 Å². The fourth-order valence-corrected chi connectivity index (χ4v) is 9.18. The number of aliphatic hydroxyl groups excluding tert-OH is 2. The van der Waals surface area contributed by atoms with Gasteiger partial charge in [0.1, 0.15) is 11.9 Å². The molecule has 1 aromatic heterocycles. The molecular weight excluding hydrogens is 585 g/mol. The van der Waals surface area contributed by atoms with Crippen LogP contribution < -0.4 is 15.0 Å². The van der Waals surface area contributed by atoms with Gasteiger partial charge in [0.15, 0.2) is 5.60 Å². The summed E-state index contributed by atoms with van der Waals surface area (Å²) >= 11 is 0. The fraction of sp³-hybridized carbons (Fsp3) is 0.484. The second kappa shape index (κ2) is 12.4. The maximum Gasteiger partial charge on any atom is 0.264 e. The van der Waals surface area contributed by atoms with Crippen molar-refractivity contribution >= 4 is 31.6 Å². The molecule has 2 amide bonds. The first-order valence-corrected chi connectivity index (χ1v) is 17.8. The molecule has 0 aliphatic carbocycles. The van der Waals surface area contributed by atoms with Gasteiger partial charge in [-0.1, -0.05) is 24.3 Å². The summed E-state index contributed by atoms with van der Waals surface area (Å²) in [5.74, 6) is -0.650. The average Bonchev–Trinajstić information content (AvgIpc) is 3.62. The number of nitrogens with zero attached hydrogens (tertiary/aromatic N) is 4. The molecule has 44 heavy (non-hydrogen) atoms. The molecule has 1 fully saturated rings. The molecule has 13 heteroatoms. The molecule has 11 nitrogen and oxygen atoms in total. The van der Waals surface area contributed by atoms with Gasteiger partial charge in [-0.05, 0) is 62.3 Å². The third kappa shape index (κ3) is 5.88. The lowest BCUT2D eigenvalue weighted by Crippen LogP contribution is -2.45. The number of methoxy groups -OCH3 is 1. The Hall–Kier alpha value is -3.65. The highest BCUT2D eigenvalue weighted by Crippen LogP contribution is 2.60. The highest BCUT2D eigenvalue weighted by Gasteiger charge is 2.66. The Morgan fingerprint density at radius 1 is 1.25 bits per heavy atom. The molecule has 0 radical (unpaired) electrons. The van der Waals surface area contributed by atoms with Crippen molar-refractivity contribution in [3.05, 3.63) is 65.5 Å². The van der Waals surface area contributed by atoms with E-state index < -0.39 is 43.6 Å². The van der Waals surface area contributed by atoms with Crippen LogP contribution in [0.3, 0.4) is 0 Å². The van der Waals surface area contributed by atoms with Gasteiger partial charge in [0, 0.05) is 48.5 Å². The summed E-state index contributed by atoms with van der Waals surface area (Å²) in [4.78, 5) is 28.1. The Morgan fingerprint density at radius 2 is 1.98 bits per heavy atom. The van der Waals surface area contributed by atoms with Crippen molar-refractivity contribution in [1.29, 1.82) is 0 Å². The quantitative estimate of drug-likeness (QED) is 0.217. The number of fused-ring (bicyclic) bond motifs is 2. The molecule has 2 aliphatic heterocycles. The molecule has 236 valence electrons. The number of nitrogens with one attached hydrogen (secondary N) is 1. The number of anilines is 2. The Kier molecular flexibility index (Phi) is 8.94. The van der Waals surface area contributed by atoms with Gasteiger partial charge in [-0.25, -0.2) is 0 Å². The Labute approximate surface area is 257 Å². The highest BCUT2D eigenvalue weighted by atomic mass is 28.4. The summed E-state index contributed by atoms with van der Waals surface area (Å²) in [5.41, 5.74) is 1.48.